The number of alkyl halides is 1. The van der Waals surface area contributed by atoms with E-state index in [1.807, 2.05) is 0 Å². The van der Waals surface area contributed by atoms with Crippen LogP contribution in [0.2, 0.25) is 0 Å². The second-order valence-corrected chi connectivity index (χ2v) is 2.73. The topological polar surface area (TPSA) is 17.1 Å². The second-order valence-electron chi connectivity index (χ2n) is 2.36. The van der Waals surface area contributed by atoms with Crippen LogP contribution in [-0.4, -0.2) is 11.4 Å². The van der Waals surface area contributed by atoms with Crippen molar-refractivity contribution in [1.82, 2.24) is 0 Å². The van der Waals surface area contributed by atoms with Crippen molar-refractivity contribution in [2.45, 2.75) is 19.0 Å². The fraction of sp³-hybridized carbons (Fsp3) is 0.571. The summed E-state index contributed by atoms with van der Waals surface area (Å²) in [6.07, 6.45) is 3.26. The summed E-state index contributed by atoms with van der Waals surface area (Å²) in [7, 11) is 0. The van der Waals surface area contributed by atoms with E-state index in [9.17, 15) is 9.18 Å². The van der Waals surface area contributed by atoms with Crippen LogP contribution in [0.15, 0.2) is 12.2 Å². The van der Waals surface area contributed by atoms with E-state index in [1.54, 1.807) is 6.08 Å². The van der Waals surface area contributed by atoms with Gasteiger partial charge in [0.15, 0.2) is 0 Å². The lowest BCUT2D eigenvalue weighted by atomic mass is 9.94. The first-order chi connectivity index (χ1) is 4.72. The molecular formula is C7H8ClFO. The van der Waals surface area contributed by atoms with Crippen LogP contribution in [0.3, 0.4) is 0 Å². The van der Waals surface area contributed by atoms with Crippen LogP contribution in [0.5, 0.6) is 0 Å². The number of hydrogen-bond donors (Lipinski definition) is 0. The largest absolute Gasteiger partial charge is 0.281 e. The van der Waals surface area contributed by atoms with Crippen LogP contribution in [0, 0.1) is 5.92 Å². The highest BCUT2D eigenvalue weighted by molar-refractivity contribution is 6.64. The molecule has 0 fully saturated rings. The molecule has 0 spiro atoms. The highest BCUT2D eigenvalue weighted by Gasteiger charge is 2.26. The Morgan fingerprint density at radius 3 is 2.80 bits per heavy atom. The van der Waals surface area contributed by atoms with Crippen molar-refractivity contribution in [2.24, 2.45) is 5.92 Å². The summed E-state index contributed by atoms with van der Waals surface area (Å²) in [5.41, 5.74) is 0. The minimum Gasteiger partial charge on any atom is -0.281 e. The third-order valence-electron chi connectivity index (χ3n) is 1.64. The van der Waals surface area contributed by atoms with Gasteiger partial charge in [0, 0.05) is 0 Å². The van der Waals surface area contributed by atoms with Crippen molar-refractivity contribution in [2.75, 3.05) is 0 Å². The zero-order valence-corrected chi connectivity index (χ0v) is 6.14. The standard InChI is InChI=1S/C7H8ClFO/c8-7(10)5-3-1-2-4-6(5)9/h2,4-6H,1,3H2. The van der Waals surface area contributed by atoms with Crippen LogP contribution < -0.4 is 0 Å². The van der Waals surface area contributed by atoms with Crippen molar-refractivity contribution in [3.05, 3.63) is 12.2 Å². The monoisotopic (exact) mass is 162 g/mol. The summed E-state index contributed by atoms with van der Waals surface area (Å²) >= 11 is 5.14. The van der Waals surface area contributed by atoms with Crippen LogP contribution in [-0.2, 0) is 4.79 Å². The molecule has 0 aliphatic heterocycles. The smallest absolute Gasteiger partial charge is 0.227 e. The number of allylic oxidation sites excluding steroid dienone is 2. The summed E-state index contributed by atoms with van der Waals surface area (Å²) in [5.74, 6) is -0.605. The van der Waals surface area contributed by atoms with Gasteiger partial charge in [-0.1, -0.05) is 12.2 Å². The van der Waals surface area contributed by atoms with Crippen molar-refractivity contribution in [3.63, 3.8) is 0 Å². The van der Waals surface area contributed by atoms with Gasteiger partial charge in [-0.15, -0.1) is 0 Å². The fourth-order valence-corrected chi connectivity index (χ4v) is 1.26. The van der Waals surface area contributed by atoms with Crippen LogP contribution in [0.25, 0.3) is 0 Å². The van der Waals surface area contributed by atoms with Gasteiger partial charge in [0.25, 0.3) is 0 Å². The second kappa shape index (κ2) is 3.15. The molecule has 0 heterocycles. The molecule has 0 N–H and O–H groups in total. The van der Waals surface area contributed by atoms with Gasteiger partial charge in [0.1, 0.15) is 6.17 Å². The Morgan fingerprint density at radius 1 is 1.70 bits per heavy atom. The first-order valence-corrected chi connectivity index (χ1v) is 3.59. The number of carbonyl (C=O) groups excluding carboxylic acids is 1. The quantitative estimate of drug-likeness (QED) is 0.426. The summed E-state index contributed by atoms with van der Waals surface area (Å²) in [5, 5.41) is -0.558. The molecule has 1 aliphatic rings. The molecule has 56 valence electrons. The molecule has 0 amide bonds. The summed E-state index contributed by atoms with van der Waals surface area (Å²) in [4.78, 5) is 10.5. The van der Waals surface area contributed by atoms with Crippen molar-refractivity contribution in [3.8, 4) is 0 Å². The Balaban J connectivity index is 2.60. The van der Waals surface area contributed by atoms with Crippen LogP contribution in [0.1, 0.15) is 12.8 Å². The molecule has 10 heavy (non-hydrogen) atoms. The lowest BCUT2D eigenvalue weighted by Crippen LogP contribution is -2.22. The van der Waals surface area contributed by atoms with Gasteiger partial charge in [0.2, 0.25) is 5.24 Å². The van der Waals surface area contributed by atoms with Gasteiger partial charge >= 0.3 is 0 Å². The molecule has 0 bridgehead atoms. The maximum Gasteiger partial charge on any atom is 0.227 e. The minimum absolute atomic E-state index is 0.542. The summed E-state index contributed by atoms with van der Waals surface area (Å²) in [6, 6.07) is 0. The molecule has 0 aromatic heterocycles. The van der Waals surface area contributed by atoms with E-state index in [-0.39, 0.29) is 0 Å². The SMILES string of the molecule is O=C(Cl)C1CCC=CC1F. The normalized spacial score (nSPS) is 32.2. The zero-order valence-electron chi connectivity index (χ0n) is 5.39. The Labute approximate surface area is 63.9 Å². The maximum absolute atomic E-state index is 12.7. The minimum atomic E-state index is -1.17. The predicted octanol–water partition coefficient (Wildman–Crippen LogP) is 2.06. The molecule has 0 saturated carbocycles. The van der Waals surface area contributed by atoms with Crippen LogP contribution in [0.4, 0.5) is 4.39 Å². The lowest BCUT2D eigenvalue weighted by Gasteiger charge is -2.16. The number of rotatable bonds is 1. The predicted molar refractivity (Wildman–Crippen MR) is 37.6 cm³/mol. The number of halogens is 2. The molecule has 1 nitrogen and oxygen atoms in total. The molecule has 2 atom stereocenters. The zero-order chi connectivity index (χ0) is 7.56. The van der Waals surface area contributed by atoms with E-state index < -0.39 is 17.3 Å². The van der Waals surface area contributed by atoms with Crippen molar-refractivity contribution < 1.29 is 9.18 Å². The average Bonchev–Trinajstić information content (AvgIpc) is 1.88. The van der Waals surface area contributed by atoms with Gasteiger partial charge < -0.3 is 0 Å². The first kappa shape index (κ1) is 7.73. The van der Waals surface area contributed by atoms with Gasteiger partial charge in [-0.2, -0.15) is 0 Å². The maximum atomic E-state index is 12.7. The van der Waals surface area contributed by atoms with Crippen molar-refractivity contribution in [1.29, 1.82) is 0 Å². The summed E-state index contributed by atoms with van der Waals surface area (Å²) in [6.45, 7) is 0. The van der Waals surface area contributed by atoms with Gasteiger partial charge in [0.05, 0.1) is 5.92 Å². The molecule has 0 radical (unpaired) electrons. The van der Waals surface area contributed by atoms with Crippen molar-refractivity contribution >= 4 is 16.8 Å². The van der Waals surface area contributed by atoms with E-state index in [2.05, 4.69) is 0 Å². The molecular weight excluding hydrogens is 155 g/mol. The lowest BCUT2D eigenvalue weighted by molar-refractivity contribution is -0.116. The summed E-state index contributed by atoms with van der Waals surface area (Å²) < 4.78 is 12.7. The van der Waals surface area contributed by atoms with E-state index in [0.717, 1.165) is 6.42 Å². The third-order valence-corrected chi connectivity index (χ3v) is 1.92. The number of hydrogen-bond acceptors (Lipinski definition) is 1. The Morgan fingerprint density at radius 2 is 2.40 bits per heavy atom. The Bertz CT molecular complexity index is 167. The Kier molecular flexibility index (Phi) is 2.44. The Hall–Kier alpha value is -0.370. The molecule has 3 heteroatoms. The van der Waals surface area contributed by atoms with Gasteiger partial charge in [-0.05, 0) is 24.4 Å². The van der Waals surface area contributed by atoms with Crippen LogP contribution >= 0.6 is 11.6 Å². The third kappa shape index (κ3) is 1.57. The van der Waals surface area contributed by atoms with E-state index in [1.165, 1.54) is 6.08 Å². The van der Waals surface area contributed by atoms with E-state index in [4.69, 9.17) is 11.6 Å². The highest BCUT2D eigenvalue weighted by Crippen LogP contribution is 2.23. The molecule has 2 unspecified atom stereocenters. The molecule has 1 rings (SSSR count). The molecule has 1 aliphatic carbocycles. The van der Waals surface area contributed by atoms with E-state index in [0.29, 0.717) is 6.42 Å². The first-order valence-electron chi connectivity index (χ1n) is 3.22. The number of carbonyl (C=O) groups is 1. The molecule has 0 aromatic carbocycles. The van der Waals surface area contributed by atoms with Gasteiger partial charge in [-0.25, -0.2) is 4.39 Å². The molecule has 0 aromatic rings. The van der Waals surface area contributed by atoms with E-state index >= 15 is 0 Å². The molecule has 0 saturated heterocycles. The average molecular weight is 163 g/mol. The highest BCUT2D eigenvalue weighted by atomic mass is 35.5. The fourth-order valence-electron chi connectivity index (χ4n) is 1.03. The van der Waals surface area contributed by atoms with Gasteiger partial charge in [-0.3, -0.25) is 4.79 Å².